The molecule has 0 aromatic heterocycles. The Morgan fingerprint density at radius 2 is 1.74 bits per heavy atom. The normalized spacial score (nSPS) is 19.4. The second-order valence-electron chi connectivity index (χ2n) is 13.6. The molecule has 5 unspecified atom stereocenters. The molecule has 1 heterocycles. The number of aliphatic hydroxyl groups is 1. The SMILES string of the molecule is CCCCC(NC(=O)c1ccccc1)C1CCC1CN1CC(c2ccc(Cl)cc2CCC)COc2ccc(C(=O)NS(=O)C(C)C)cc21.CO. The van der Waals surface area contributed by atoms with Gasteiger partial charge >= 0.3 is 0 Å². The number of halogens is 1. The molecule has 1 aliphatic heterocycles. The van der Waals surface area contributed by atoms with Crippen LogP contribution in [0.2, 0.25) is 5.02 Å². The first kappa shape index (κ1) is 39.4. The van der Waals surface area contributed by atoms with Gasteiger partial charge in [0.05, 0.1) is 12.3 Å². The molecule has 10 heteroatoms. The summed E-state index contributed by atoms with van der Waals surface area (Å²) in [6.07, 6.45) is 7.15. The number of aliphatic hydroxyl groups excluding tert-OH is 1. The van der Waals surface area contributed by atoms with Crippen molar-refractivity contribution in [1.82, 2.24) is 10.0 Å². The molecule has 1 aliphatic carbocycles. The Balaban J connectivity index is 0.00000276. The Labute approximate surface area is 305 Å². The average Bonchev–Trinajstić information content (AvgIpc) is 3.29. The number of hydrogen-bond donors (Lipinski definition) is 3. The highest BCUT2D eigenvalue weighted by atomic mass is 35.5. The molecule has 50 heavy (non-hydrogen) atoms. The molecule has 5 atom stereocenters. The van der Waals surface area contributed by atoms with E-state index >= 15 is 0 Å². The fraction of sp³-hybridized carbons (Fsp3) is 0.500. The first-order valence-electron chi connectivity index (χ1n) is 18.0. The number of nitrogens with one attached hydrogen (secondary N) is 2. The maximum Gasteiger partial charge on any atom is 0.263 e. The predicted octanol–water partition coefficient (Wildman–Crippen LogP) is 7.70. The third-order valence-corrected chi connectivity index (χ3v) is 11.3. The lowest BCUT2D eigenvalue weighted by atomic mass is 9.68. The molecule has 0 bridgehead atoms. The highest BCUT2D eigenvalue weighted by molar-refractivity contribution is 7.84. The van der Waals surface area contributed by atoms with Crippen molar-refractivity contribution in [2.24, 2.45) is 11.8 Å². The average molecular weight is 724 g/mol. The number of nitrogens with zero attached hydrogens (tertiary/aromatic N) is 1. The van der Waals surface area contributed by atoms with Crippen molar-refractivity contribution in [1.29, 1.82) is 0 Å². The molecule has 2 amide bonds. The van der Waals surface area contributed by atoms with E-state index in [4.69, 9.17) is 21.4 Å². The van der Waals surface area contributed by atoms with Crippen LogP contribution in [0.4, 0.5) is 5.69 Å². The number of aryl methyl sites for hydroxylation is 1. The van der Waals surface area contributed by atoms with Crippen LogP contribution in [-0.4, -0.2) is 59.2 Å². The first-order valence-corrected chi connectivity index (χ1v) is 19.6. The molecule has 5 rings (SSSR count). The van der Waals surface area contributed by atoms with Gasteiger partial charge < -0.3 is 20.1 Å². The Morgan fingerprint density at radius 1 is 0.980 bits per heavy atom. The fourth-order valence-corrected chi connectivity index (χ4v) is 7.75. The zero-order valence-electron chi connectivity index (χ0n) is 30.1. The molecule has 8 nitrogen and oxygen atoms in total. The summed E-state index contributed by atoms with van der Waals surface area (Å²) in [5.41, 5.74) is 4.49. The summed E-state index contributed by atoms with van der Waals surface area (Å²) in [4.78, 5) is 28.9. The molecule has 272 valence electrons. The van der Waals surface area contributed by atoms with Gasteiger partial charge in [-0.25, -0.2) is 4.21 Å². The molecular formula is C40H54ClN3O5S. The van der Waals surface area contributed by atoms with Gasteiger partial charge in [-0.2, -0.15) is 0 Å². The minimum atomic E-state index is -1.48. The van der Waals surface area contributed by atoms with Crippen LogP contribution in [0.3, 0.4) is 0 Å². The summed E-state index contributed by atoms with van der Waals surface area (Å²) < 4.78 is 21.6. The predicted molar refractivity (Wildman–Crippen MR) is 205 cm³/mol. The van der Waals surface area contributed by atoms with Gasteiger partial charge in [-0.15, -0.1) is 0 Å². The molecule has 0 spiro atoms. The fourth-order valence-electron chi connectivity index (χ4n) is 7.02. The minimum absolute atomic E-state index is 0.0171. The van der Waals surface area contributed by atoms with E-state index in [0.29, 0.717) is 36.1 Å². The van der Waals surface area contributed by atoms with Gasteiger partial charge in [0.2, 0.25) is 0 Å². The Hall–Kier alpha value is -3.40. The monoisotopic (exact) mass is 723 g/mol. The van der Waals surface area contributed by atoms with Crippen molar-refractivity contribution in [3.63, 3.8) is 0 Å². The van der Waals surface area contributed by atoms with Crippen LogP contribution >= 0.6 is 11.6 Å². The number of amides is 2. The molecule has 1 fully saturated rings. The van der Waals surface area contributed by atoms with Gasteiger partial charge in [-0.05, 0) is 105 Å². The van der Waals surface area contributed by atoms with Crippen molar-refractivity contribution >= 4 is 40.1 Å². The minimum Gasteiger partial charge on any atom is -0.491 e. The van der Waals surface area contributed by atoms with Crippen LogP contribution < -0.4 is 19.7 Å². The molecular weight excluding hydrogens is 670 g/mol. The number of anilines is 1. The molecule has 2 aliphatic rings. The van der Waals surface area contributed by atoms with Crippen molar-refractivity contribution in [3.8, 4) is 5.75 Å². The van der Waals surface area contributed by atoms with Crippen LogP contribution in [0.5, 0.6) is 5.75 Å². The van der Waals surface area contributed by atoms with Gasteiger partial charge in [0.1, 0.15) is 16.7 Å². The maximum atomic E-state index is 13.3. The molecule has 3 aromatic carbocycles. The maximum absolute atomic E-state index is 13.3. The van der Waals surface area contributed by atoms with Crippen molar-refractivity contribution in [2.45, 2.75) is 89.9 Å². The van der Waals surface area contributed by atoms with Gasteiger partial charge in [0.15, 0.2) is 0 Å². The summed E-state index contributed by atoms with van der Waals surface area (Å²) in [6, 6.07) is 21.2. The van der Waals surface area contributed by atoms with E-state index in [-0.39, 0.29) is 29.0 Å². The number of hydrogen-bond acceptors (Lipinski definition) is 6. The second-order valence-corrected chi connectivity index (χ2v) is 15.7. The van der Waals surface area contributed by atoms with E-state index in [1.165, 1.54) is 11.1 Å². The van der Waals surface area contributed by atoms with E-state index < -0.39 is 11.0 Å². The van der Waals surface area contributed by atoms with Gasteiger partial charge in [-0.3, -0.25) is 14.3 Å². The van der Waals surface area contributed by atoms with E-state index in [2.05, 4.69) is 40.9 Å². The Bertz CT molecular complexity index is 1590. The van der Waals surface area contributed by atoms with Crippen LogP contribution in [0.1, 0.15) is 104 Å². The third kappa shape index (κ3) is 10.1. The summed E-state index contributed by atoms with van der Waals surface area (Å²) >= 11 is 6.45. The number of carbonyl (C=O) groups is 2. The summed E-state index contributed by atoms with van der Waals surface area (Å²) in [7, 11) is -0.477. The summed E-state index contributed by atoms with van der Waals surface area (Å²) in [5, 5.41) is 11.0. The van der Waals surface area contributed by atoms with E-state index in [0.717, 1.165) is 75.1 Å². The second kappa shape index (κ2) is 19.3. The Kier molecular flexibility index (Phi) is 15.2. The third-order valence-electron chi connectivity index (χ3n) is 9.80. The van der Waals surface area contributed by atoms with Crippen LogP contribution in [0.15, 0.2) is 66.7 Å². The molecule has 3 N–H and O–H groups in total. The van der Waals surface area contributed by atoms with Crippen LogP contribution in [-0.2, 0) is 17.4 Å². The van der Waals surface area contributed by atoms with E-state index in [1.807, 2.05) is 62.4 Å². The van der Waals surface area contributed by atoms with Crippen molar-refractivity contribution in [2.75, 3.05) is 31.7 Å². The molecule has 3 aromatic rings. The lowest BCUT2D eigenvalue weighted by molar-refractivity contribution is 0.0817. The van der Waals surface area contributed by atoms with Gasteiger partial charge in [0.25, 0.3) is 11.8 Å². The highest BCUT2D eigenvalue weighted by Gasteiger charge is 2.40. The Morgan fingerprint density at radius 3 is 2.40 bits per heavy atom. The molecule has 0 radical (unpaired) electrons. The highest BCUT2D eigenvalue weighted by Crippen LogP contribution is 2.43. The first-order chi connectivity index (χ1) is 24.2. The number of unbranched alkanes of at least 4 members (excludes halogenated alkanes) is 1. The number of carbonyl (C=O) groups excluding carboxylic acids is 2. The zero-order valence-corrected chi connectivity index (χ0v) is 31.7. The van der Waals surface area contributed by atoms with E-state index in [1.54, 1.807) is 6.07 Å². The number of benzene rings is 3. The topological polar surface area (TPSA) is 108 Å². The van der Waals surface area contributed by atoms with Crippen LogP contribution in [0.25, 0.3) is 0 Å². The molecule has 1 saturated carbocycles. The summed E-state index contributed by atoms with van der Waals surface area (Å²) in [5.74, 6) is 1.16. The van der Waals surface area contributed by atoms with Crippen molar-refractivity contribution in [3.05, 3.63) is 94.0 Å². The zero-order chi connectivity index (χ0) is 36.2. The summed E-state index contributed by atoms with van der Waals surface area (Å²) in [6.45, 7) is 10.0. The van der Waals surface area contributed by atoms with Crippen molar-refractivity contribution < 1.29 is 23.6 Å². The van der Waals surface area contributed by atoms with Gasteiger partial charge in [-0.1, -0.05) is 69.0 Å². The van der Waals surface area contributed by atoms with Gasteiger partial charge in [0, 0.05) is 53.6 Å². The number of fused-ring (bicyclic) bond motifs is 1. The molecule has 0 saturated heterocycles. The number of ether oxygens (including phenoxy) is 1. The van der Waals surface area contributed by atoms with E-state index in [9.17, 15) is 13.8 Å². The lowest BCUT2D eigenvalue weighted by Gasteiger charge is -2.45. The smallest absolute Gasteiger partial charge is 0.263 e. The quantitative estimate of drug-likeness (QED) is 0.157. The number of rotatable bonds is 14. The largest absolute Gasteiger partial charge is 0.491 e. The lowest BCUT2D eigenvalue weighted by Crippen LogP contribution is -2.50. The standard InChI is InChI=1S/C39H50ClN3O4S.CH4O/c1-5-7-14-35(41-38(44)27-12-9-8-10-13-27)34-18-15-30(34)23-43-24-31(33-19-17-32(40)21-28(33)11-6-2)25-47-37-20-16-29(22-36(37)43)39(45)42-48(46)26(3)4;1-2/h8-10,12-13,16-17,19-22,26,30-31,34-35H,5-7,11,14-15,18,23-25H2,1-4H3,(H,41,44)(H,42,45);2H,1H3. The van der Waals surface area contributed by atoms with Crippen LogP contribution in [0, 0.1) is 11.8 Å².